The van der Waals surface area contributed by atoms with Gasteiger partial charge in [0.2, 0.25) is 0 Å². The van der Waals surface area contributed by atoms with Crippen LogP contribution in [0.15, 0.2) is 12.1 Å². The van der Waals surface area contributed by atoms with Crippen LogP contribution in [0.1, 0.15) is 17.7 Å². The quantitative estimate of drug-likeness (QED) is 0.628. The minimum absolute atomic E-state index is 0.292. The largest absolute Gasteiger partial charge is 0.363 e. The fourth-order valence-electron chi connectivity index (χ4n) is 1.34. The smallest absolute Gasteiger partial charge is 0.193 e. The Bertz CT molecular complexity index is 479. The number of aromatic amines is 1. The summed E-state index contributed by atoms with van der Waals surface area (Å²) in [6, 6.07) is 3.31. The van der Waals surface area contributed by atoms with Crippen LogP contribution in [-0.2, 0) is 0 Å². The van der Waals surface area contributed by atoms with E-state index in [9.17, 15) is 0 Å². The fraction of sp³-hybridized carbons (Fsp3) is 0.222. The molecule has 0 fully saturated rings. The summed E-state index contributed by atoms with van der Waals surface area (Å²) in [5.74, 6) is 0. The number of H-pyrrole nitrogens is 1. The van der Waals surface area contributed by atoms with E-state index in [1.807, 2.05) is 6.92 Å². The Morgan fingerprint density at radius 3 is 2.79 bits per heavy atom. The summed E-state index contributed by atoms with van der Waals surface area (Å²) in [5.41, 5.74) is 1.64. The Morgan fingerprint density at radius 2 is 2.14 bits per heavy atom. The maximum absolute atomic E-state index is 8.94. The molecule has 2 aromatic heterocycles. The van der Waals surface area contributed by atoms with Crippen molar-refractivity contribution in [3.8, 4) is 0 Å². The number of nitrogens with one attached hydrogen (secondary N) is 1. The van der Waals surface area contributed by atoms with Crippen LogP contribution in [0.2, 0.25) is 5.02 Å². The number of pyridine rings is 1. The third-order valence-electron chi connectivity index (χ3n) is 1.98. The van der Waals surface area contributed by atoms with Gasteiger partial charge in [-0.2, -0.15) is 0 Å². The summed E-state index contributed by atoms with van der Waals surface area (Å²) in [5, 5.41) is 19.1. The lowest BCUT2D eigenvalue weighted by Crippen LogP contribution is -1.93. The summed E-state index contributed by atoms with van der Waals surface area (Å²) in [6.45, 7) is 1.82. The lowest BCUT2D eigenvalue weighted by atomic mass is 10.3. The van der Waals surface area contributed by atoms with Crippen molar-refractivity contribution < 1.29 is 10.2 Å². The van der Waals surface area contributed by atoms with E-state index < -0.39 is 6.29 Å². The van der Waals surface area contributed by atoms with E-state index in [1.165, 1.54) is 0 Å². The molecule has 3 N–H and O–H groups in total. The highest BCUT2D eigenvalue weighted by atomic mass is 35.5. The number of hydrogen-bond acceptors (Lipinski definition) is 3. The molecule has 0 aliphatic rings. The zero-order valence-electron chi connectivity index (χ0n) is 7.45. The average Bonchev–Trinajstić information content (AvgIpc) is 2.47. The van der Waals surface area contributed by atoms with Crippen LogP contribution in [0.25, 0.3) is 11.0 Å². The van der Waals surface area contributed by atoms with Crippen LogP contribution in [0.5, 0.6) is 0 Å². The number of rotatable bonds is 1. The van der Waals surface area contributed by atoms with Gasteiger partial charge >= 0.3 is 0 Å². The van der Waals surface area contributed by atoms with Crippen molar-refractivity contribution in [2.24, 2.45) is 0 Å². The Morgan fingerprint density at radius 1 is 1.43 bits per heavy atom. The van der Waals surface area contributed by atoms with Crippen LogP contribution in [0.4, 0.5) is 0 Å². The summed E-state index contributed by atoms with van der Waals surface area (Å²) >= 11 is 5.96. The van der Waals surface area contributed by atoms with Gasteiger partial charge in [-0.05, 0) is 19.1 Å². The first kappa shape index (κ1) is 9.45. The zero-order chi connectivity index (χ0) is 10.3. The maximum atomic E-state index is 8.94. The average molecular weight is 213 g/mol. The van der Waals surface area contributed by atoms with Gasteiger partial charge < -0.3 is 15.2 Å². The van der Waals surface area contributed by atoms with Crippen LogP contribution in [0, 0.1) is 6.92 Å². The molecular formula is C9H9ClN2O2. The molecule has 0 atom stereocenters. The van der Waals surface area contributed by atoms with E-state index in [2.05, 4.69) is 9.97 Å². The summed E-state index contributed by atoms with van der Waals surface area (Å²) in [4.78, 5) is 6.96. The molecule has 5 heteroatoms. The first-order valence-electron chi connectivity index (χ1n) is 4.10. The predicted octanol–water partition coefficient (Wildman–Crippen LogP) is 1.51. The Hall–Kier alpha value is -1.10. The van der Waals surface area contributed by atoms with Crippen molar-refractivity contribution >= 4 is 22.6 Å². The zero-order valence-corrected chi connectivity index (χ0v) is 8.21. The van der Waals surface area contributed by atoms with E-state index >= 15 is 0 Å². The minimum Gasteiger partial charge on any atom is -0.363 e. The third kappa shape index (κ3) is 1.48. The number of fused-ring (bicyclic) bond motifs is 1. The molecule has 0 aliphatic carbocycles. The van der Waals surface area contributed by atoms with Crippen molar-refractivity contribution in [2.45, 2.75) is 13.2 Å². The summed E-state index contributed by atoms with van der Waals surface area (Å²) in [7, 11) is 0. The number of hydrogen-bond donors (Lipinski definition) is 3. The molecule has 2 aromatic rings. The van der Waals surface area contributed by atoms with Crippen LogP contribution < -0.4 is 0 Å². The van der Waals surface area contributed by atoms with E-state index in [-0.39, 0.29) is 0 Å². The Balaban J connectivity index is 2.70. The van der Waals surface area contributed by atoms with Crippen LogP contribution >= 0.6 is 11.6 Å². The Labute approximate surface area is 85.2 Å². The first-order valence-corrected chi connectivity index (χ1v) is 4.47. The van der Waals surface area contributed by atoms with Gasteiger partial charge in [-0.25, -0.2) is 4.98 Å². The molecule has 0 spiro atoms. The molecule has 0 aromatic carbocycles. The van der Waals surface area contributed by atoms with Crippen molar-refractivity contribution in [2.75, 3.05) is 0 Å². The first-order chi connectivity index (χ1) is 6.58. The van der Waals surface area contributed by atoms with Gasteiger partial charge in [0.1, 0.15) is 5.65 Å². The molecule has 2 rings (SSSR count). The molecular weight excluding hydrogens is 204 g/mol. The predicted molar refractivity (Wildman–Crippen MR) is 53.0 cm³/mol. The highest BCUT2D eigenvalue weighted by Crippen LogP contribution is 2.25. The number of nitrogens with zero attached hydrogens (tertiary/aromatic N) is 1. The molecule has 0 radical (unpaired) electrons. The highest BCUT2D eigenvalue weighted by molar-refractivity contribution is 6.35. The van der Waals surface area contributed by atoms with Gasteiger partial charge in [0.25, 0.3) is 0 Å². The maximum Gasteiger partial charge on any atom is 0.193 e. The number of aromatic nitrogens is 2. The molecule has 0 unspecified atom stereocenters. The van der Waals surface area contributed by atoms with Gasteiger partial charge in [-0.1, -0.05) is 11.6 Å². The van der Waals surface area contributed by atoms with Crippen molar-refractivity contribution in [3.05, 3.63) is 28.5 Å². The van der Waals surface area contributed by atoms with Gasteiger partial charge in [0, 0.05) is 11.1 Å². The normalized spacial score (nSPS) is 11.5. The molecule has 0 saturated carbocycles. The second kappa shape index (κ2) is 3.24. The molecule has 0 amide bonds. The number of aliphatic hydroxyl groups is 2. The van der Waals surface area contributed by atoms with Crippen molar-refractivity contribution in [3.63, 3.8) is 0 Å². The fourth-order valence-corrected chi connectivity index (χ4v) is 1.65. The molecule has 4 nitrogen and oxygen atoms in total. The van der Waals surface area contributed by atoms with Gasteiger partial charge in [-0.15, -0.1) is 0 Å². The number of aliphatic hydroxyl groups excluding tert-OH is 1. The summed E-state index contributed by atoms with van der Waals surface area (Å²) < 4.78 is 0. The highest BCUT2D eigenvalue weighted by Gasteiger charge is 2.10. The molecule has 0 aliphatic heterocycles. The van der Waals surface area contributed by atoms with E-state index in [1.54, 1.807) is 12.1 Å². The molecule has 0 bridgehead atoms. The van der Waals surface area contributed by atoms with Gasteiger partial charge in [-0.3, -0.25) is 0 Å². The standard InChI is InChI=1S/C9H9ClN2O2/c1-4-2-6(10)5-3-7(9(13)14)12-8(5)11-4/h2-3,9,13-14H,1H3,(H,11,12). The lowest BCUT2D eigenvalue weighted by Gasteiger charge is -1.96. The van der Waals surface area contributed by atoms with Crippen molar-refractivity contribution in [1.82, 2.24) is 9.97 Å². The topological polar surface area (TPSA) is 69.1 Å². The van der Waals surface area contributed by atoms with Gasteiger partial charge in [0.05, 0.1) is 10.7 Å². The number of halogens is 1. The second-order valence-electron chi connectivity index (χ2n) is 3.11. The van der Waals surface area contributed by atoms with Gasteiger partial charge in [0.15, 0.2) is 6.29 Å². The summed E-state index contributed by atoms with van der Waals surface area (Å²) in [6.07, 6.45) is -1.53. The van der Waals surface area contributed by atoms with Crippen LogP contribution in [0.3, 0.4) is 0 Å². The lowest BCUT2D eigenvalue weighted by molar-refractivity contribution is -0.0453. The minimum atomic E-state index is -1.53. The van der Waals surface area contributed by atoms with Crippen LogP contribution in [-0.4, -0.2) is 20.2 Å². The monoisotopic (exact) mass is 212 g/mol. The van der Waals surface area contributed by atoms with E-state index in [4.69, 9.17) is 21.8 Å². The van der Waals surface area contributed by atoms with E-state index in [0.717, 1.165) is 5.69 Å². The Kier molecular flexibility index (Phi) is 2.19. The van der Waals surface area contributed by atoms with Crippen molar-refractivity contribution in [1.29, 1.82) is 0 Å². The number of aryl methyl sites for hydroxylation is 1. The van der Waals surface area contributed by atoms with E-state index in [0.29, 0.717) is 21.7 Å². The molecule has 14 heavy (non-hydrogen) atoms. The third-order valence-corrected chi connectivity index (χ3v) is 2.29. The molecule has 0 saturated heterocycles. The SMILES string of the molecule is Cc1cc(Cl)c2cc(C(O)O)[nH]c2n1. The second-order valence-corrected chi connectivity index (χ2v) is 3.51. The molecule has 2 heterocycles. The molecule has 74 valence electrons.